The Hall–Kier alpha value is -1.88. The van der Waals surface area contributed by atoms with Crippen LogP contribution in [-0.2, 0) is 11.3 Å². The van der Waals surface area contributed by atoms with E-state index in [0.717, 1.165) is 16.5 Å². The second kappa shape index (κ2) is 4.55. The lowest BCUT2D eigenvalue weighted by Gasteiger charge is -2.05. The van der Waals surface area contributed by atoms with Crippen LogP contribution in [0.3, 0.4) is 0 Å². The molecule has 4 nitrogen and oxygen atoms in total. The van der Waals surface area contributed by atoms with E-state index in [1.165, 1.54) is 0 Å². The van der Waals surface area contributed by atoms with Crippen molar-refractivity contribution in [3.63, 3.8) is 0 Å². The quantitative estimate of drug-likeness (QED) is 0.796. The molecule has 0 radical (unpaired) electrons. The Morgan fingerprint density at radius 2 is 2.24 bits per heavy atom. The van der Waals surface area contributed by atoms with Crippen LogP contribution in [0.4, 0.5) is 0 Å². The summed E-state index contributed by atoms with van der Waals surface area (Å²) < 4.78 is 1.89. The largest absolute Gasteiger partial charge is 0.389 e. The predicted octanol–water partition coefficient (Wildman–Crippen LogP) is 1.02. The van der Waals surface area contributed by atoms with Crippen LogP contribution in [0.1, 0.15) is 5.56 Å². The molecule has 88 valence electrons. The van der Waals surface area contributed by atoms with E-state index >= 15 is 0 Å². The number of benzene rings is 1. The van der Waals surface area contributed by atoms with Gasteiger partial charge < -0.3 is 15.6 Å². The first-order chi connectivity index (χ1) is 8.11. The zero-order valence-corrected chi connectivity index (χ0v) is 10.3. The number of rotatable bonds is 3. The van der Waals surface area contributed by atoms with Crippen molar-refractivity contribution in [3.05, 3.63) is 36.0 Å². The normalized spacial score (nSPS) is 10.4. The molecule has 0 aliphatic carbocycles. The van der Waals surface area contributed by atoms with Gasteiger partial charge in [-0.2, -0.15) is 0 Å². The number of nitrogens with one attached hydrogen (secondary N) is 1. The Morgan fingerprint density at radius 1 is 1.47 bits per heavy atom. The van der Waals surface area contributed by atoms with Crippen LogP contribution in [0.25, 0.3) is 10.9 Å². The lowest BCUT2D eigenvalue weighted by Crippen LogP contribution is -2.22. The molecule has 1 aromatic carbocycles. The van der Waals surface area contributed by atoms with Gasteiger partial charge in [0.25, 0.3) is 0 Å². The first-order valence-electron chi connectivity index (χ1n) is 5.21. The number of amides is 1. The second-order valence-electron chi connectivity index (χ2n) is 3.75. The maximum Gasteiger partial charge on any atom is 0.239 e. The molecule has 0 spiro atoms. The van der Waals surface area contributed by atoms with Gasteiger partial charge in [-0.3, -0.25) is 4.79 Å². The Labute approximate surface area is 104 Å². The van der Waals surface area contributed by atoms with Gasteiger partial charge >= 0.3 is 0 Å². The van der Waals surface area contributed by atoms with Gasteiger partial charge in [0.15, 0.2) is 0 Å². The molecule has 0 saturated heterocycles. The van der Waals surface area contributed by atoms with Crippen LogP contribution in [0.5, 0.6) is 0 Å². The molecule has 3 N–H and O–H groups in total. The van der Waals surface area contributed by atoms with Crippen molar-refractivity contribution in [1.29, 1.82) is 0 Å². The summed E-state index contributed by atoms with van der Waals surface area (Å²) in [5, 5.41) is 3.62. The van der Waals surface area contributed by atoms with Crippen LogP contribution in [0.2, 0.25) is 0 Å². The zero-order chi connectivity index (χ0) is 12.4. The fraction of sp³-hybridized carbons (Fsp3) is 0.167. The number of nitrogens with zero attached hydrogens (tertiary/aromatic N) is 1. The summed E-state index contributed by atoms with van der Waals surface area (Å²) in [6.07, 6.45) is 1.88. The molecule has 1 heterocycles. The fourth-order valence-corrected chi connectivity index (χ4v) is 1.85. The van der Waals surface area contributed by atoms with Crippen LogP contribution in [0, 0.1) is 0 Å². The third-order valence-corrected chi connectivity index (χ3v) is 2.88. The van der Waals surface area contributed by atoms with Gasteiger partial charge in [0, 0.05) is 29.7 Å². The highest BCUT2D eigenvalue weighted by molar-refractivity contribution is 7.80. The Balaban J connectivity index is 2.41. The third kappa shape index (κ3) is 2.29. The summed E-state index contributed by atoms with van der Waals surface area (Å²) in [6.45, 7) is 0.312. The molecular weight excluding hydrogens is 234 g/mol. The van der Waals surface area contributed by atoms with E-state index in [1.54, 1.807) is 7.05 Å². The number of carbonyl (C=O) groups is 1. The zero-order valence-electron chi connectivity index (χ0n) is 9.43. The Bertz CT molecular complexity index is 588. The molecule has 0 aliphatic rings. The number of nitrogens with two attached hydrogens (primary N) is 1. The number of thiocarbonyl (C=S) groups is 1. The number of likely N-dealkylation sites (N-methyl/N-ethyl adjacent to an activating group) is 1. The molecule has 0 atom stereocenters. The van der Waals surface area contributed by atoms with Gasteiger partial charge in [-0.05, 0) is 24.3 Å². The monoisotopic (exact) mass is 247 g/mol. The molecule has 0 saturated carbocycles. The van der Waals surface area contributed by atoms with Gasteiger partial charge in [0.05, 0.1) is 0 Å². The van der Waals surface area contributed by atoms with E-state index in [0.29, 0.717) is 11.5 Å². The second-order valence-corrected chi connectivity index (χ2v) is 4.19. The smallest absolute Gasteiger partial charge is 0.239 e. The molecule has 0 bridgehead atoms. The summed E-state index contributed by atoms with van der Waals surface area (Å²) in [5.74, 6) is -0.0269. The molecule has 2 aromatic rings. The van der Waals surface area contributed by atoms with E-state index < -0.39 is 0 Å². The number of hydrogen-bond acceptors (Lipinski definition) is 2. The van der Waals surface area contributed by atoms with Crippen LogP contribution in [0.15, 0.2) is 30.5 Å². The minimum absolute atomic E-state index is 0.0269. The summed E-state index contributed by atoms with van der Waals surface area (Å²) in [4.78, 5) is 11.7. The first kappa shape index (κ1) is 11.6. The molecule has 5 heteroatoms. The number of fused-ring (bicyclic) bond motifs is 1. The van der Waals surface area contributed by atoms with Crippen molar-refractivity contribution < 1.29 is 4.79 Å². The van der Waals surface area contributed by atoms with Crippen molar-refractivity contribution in [2.75, 3.05) is 7.05 Å². The van der Waals surface area contributed by atoms with Crippen LogP contribution < -0.4 is 11.1 Å². The number of aromatic nitrogens is 1. The molecule has 1 amide bonds. The van der Waals surface area contributed by atoms with Crippen LogP contribution in [-0.4, -0.2) is 22.5 Å². The minimum Gasteiger partial charge on any atom is -0.389 e. The fourth-order valence-electron chi connectivity index (χ4n) is 1.73. The van der Waals surface area contributed by atoms with E-state index in [2.05, 4.69) is 5.32 Å². The molecule has 0 aliphatic heterocycles. The first-order valence-corrected chi connectivity index (χ1v) is 5.62. The van der Waals surface area contributed by atoms with E-state index in [4.69, 9.17) is 18.0 Å². The van der Waals surface area contributed by atoms with Gasteiger partial charge in [0.2, 0.25) is 5.91 Å². The van der Waals surface area contributed by atoms with E-state index in [1.807, 2.05) is 35.0 Å². The standard InChI is InChI=1S/C12H13N3OS/c1-14-11(16)7-15-5-4-8-6-9(12(13)17)2-3-10(8)15/h2-6H,7H2,1H3,(H2,13,17)(H,14,16). The van der Waals surface area contributed by atoms with E-state index in [9.17, 15) is 4.79 Å². The number of carbonyl (C=O) groups excluding carboxylic acids is 1. The Morgan fingerprint density at radius 3 is 2.88 bits per heavy atom. The lowest BCUT2D eigenvalue weighted by atomic mass is 10.1. The van der Waals surface area contributed by atoms with E-state index in [-0.39, 0.29) is 5.91 Å². The molecule has 2 rings (SSSR count). The summed E-state index contributed by atoms with van der Waals surface area (Å²) in [6, 6.07) is 7.66. The maximum atomic E-state index is 11.3. The van der Waals surface area contributed by atoms with Crippen molar-refractivity contribution >= 4 is 34.0 Å². The minimum atomic E-state index is -0.0269. The molecule has 17 heavy (non-hydrogen) atoms. The van der Waals surface area contributed by atoms with Gasteiger partial charge in [0.1, 0.15) is 11.5 Å². The summed E-state index contributed by atoms with van der Waals surface area (Å²) >= 11 is 4.93. The third-order valence-electron chi connectivity index (χ3n) is 2.65. The van der Waals surface area contributed by atoms with Gasteiger partial charge in [-0.1, -0.05) is 12.2 Å². The van der Waals surface area contributed by atoms with Gasteiger partial charge in [-0.15, -0.1) is 0 Å². The van der Waals surface area contributed by atoms with Crippen molar-refractivity contribution in [1.82, 2.24) is 9.88 Å². The lowest BCUT2D eigenvalue weighted by molar-refractivity contribution is -0.121. The number of hydrogen-bond donors (Lipinski definition) is 2. The van der Waals surface area contributed by atoms with Crippen molar-refractivity contribution in [2.45, 2.75) is 6.54 Å². The average Bonchev–Trinajstić information content (AvgIpc) is 2.71. The van der Waals surface area contributed by atoms with Crippen molar-refractivity contribution in [3.8, 4) is 0 Å². The van der Waals surface area contributed by atoms with Gasteiger partial charge in [-0.25, -0.2) is 0 Å². The summed E-state index contributed by atoms with van der Waals surface area (Å²) in [5.41, 5.74) is 7.41. The highest BCUT2D eigenvalue weighted by Gasteiger charge is 2.06. The molecule has 1 aromatic heterocycles. The van der Waals surface area contributed by atoms with Crippen molar-refractivity contribution in [2.24, 2.45) is 5.73 Å². The highest BCUT2D eigenvalue weighted by atomic mass is 32.1. The highest BCUT2D eigenvalue weighted by Crippen LogP contribution is 2.17. The molecule has 0 fully saturated rings. The Kier molecular flexibility index (Phi) is 3.10. The maximum absolute atomic E-state index is 11.3. The summed E-state index contributed by atoms with van der Waals surface area (Å²) in [7, 11) is 1.62. The SMILES string of the molecule is CNC(=O)Cn1ccc2cc(C(N)=S)ccc21. The predicted molar refractivity (Wildman–Crippen MR) is 71.9 cm³/mol. The molecular formula is C12H13N3OS. The molecule has 0 unspecified atom stereocenters. The average molecular weight is 247 g/mol. The topological polar surface area (TPSA) is 60.0 Å². The van der Waals surface area contributed by atoms with Crippen LogP contribution >= 0.6 is 12.2 Å².